The van der Waals surface area contributed by atoms with Gasteiger partial charge in [-0.15, -0.1) is 0 Å². The minimum Gasteiger partial charge on any atom is -0.489 e. The zero-order valence-corrected chi connectivity index (χ0v) is 26.1. The number of aromatic nitrogens is 2. The van der Waals surface area contributed by atoms with Gasteiger partial charge in [-0.25, -0.2) is 4.98 Å². The summed E-state index contributed by atoms with van der Waals surface area (Å²) in [4.78, 5) is 16.3. The number of H-pyrrole nitrogens is 1. The second kappa shape index (κ2) is 14.4. The number of hydrogen-bond acceptors (Lipinski definition) is 5. The van der Waals surface area contributed by atoms with Gasteiger partial charge in [-0.05, 0) is 66.3 Å². The Labute approximate surface area is 274 Å². The van der Waals surface area contributed by atoms with Crippen molar-refractivity contribution in [2.24, 2.45) is 5.92 Å². The summed E-state index contributed by atoms with van der Waals surface area (Å²) in [5, 5.41) is 1.62. The van der Waals surface area contributed by atoms with Crippen molar-refractivity contribution in [1.29, 1.82) is 0 Å². The van der Waals surface area contributed by atoms with Gasteiger partial charge >= 0.3 is 12.6 Å². The van der Waals surface area contributed by atoms with Gasteiger partial charge in [0, 0.05) is 29.1 Å². The summed E-state index contributed by atoms with van der Waals surface area (Å²) in [6, 6.07) is 22.0. The van der Waals surface area contributed by atoms with E-state index >= 15 is 0 Å². The summed E-state index contributed by atoms with van der Waals surface area (Å²) < 4.78 is 50.7. The molecule has 0 aliphatic heterocycles. The molecule has 2 aromatic heterocycles. The molecule has 238 valence electrons. The van der Waals surface area contributed by atoms with Crippen LogP contribution in [0.25, 0.3) is 10.9 Å². The molecule has 0 radical (unpaired) electrons. The van der Waals surface area contributed by atoms with E-state index in [0.29, 0.717) is 46.1 Å². The largest absolute Gasteiger partial charge is 0.489 e. The Hall–Kier alpha value is -4.34. The van der Waals surface area contributed by atoms with E-state index in [0.717, 1.165) is 29.3 Å². The number of fused-ring (bicyclic) bond motifs is 1. The molecule has 0 bridgehead atoms. The van der Waals surface area contributed by atoms with Gasteiger partial charge in [0.25, 0.3) is 0 Å². The summed E-state index contributed by atoms with van der Waals surface area (Å²) in [6.45, 7) is -2.29. The Morgan fingerprint density at radius 3 is 2.46 bits per heavy atom. The van der Waals surface area contributed by atoms with E-state index in [1.807, 2.05) is 60.8 Å². The summed E-state index contributed by atoms with van der Waals surface area (Å²) in [6.07, 6.45) is 6.26. The number of carbonyl (C=O) groups excluding carboxylic acids is 1. The third kappa shape index (κ3) is 8.08. The molecule has 1 atom stereocenters. The van der Waals surface area contributed by atoms with Crippen LogP contribution in [0.5, 0.6) is 17.2 Å². The maximum Gasteiger partial charge on any atom is 0.387 e. The lowest BCUT2D eigenvalue weighted by Crippen LogP contribution is -2.19. The van der Waals surface area contributed by atoms with Crippen molar-refractivity contribution in [1.82, 2.24) is 4.57 Å². The molecule has 1 aliphatic rings. The fourth-order valence-corrected chi connectivity index (χ4v) is 5.62. The van der Waals surface area contributed by atoms with E-state index < -0.39 is 18.7 Å². The molecule has 11 heteroatoms. The van der Waals surface area contributed by atoms with E-state index in [2.05, 4.69) is 4.98 Å². The predicted octanol–water partition coefficient (Wildman–Crippen LogP) is 8.26. The molecule has 0 spiro atoms. The molecule has 0 saturated heterocycles. The van der Waals surface area contributed by atoms with Crippen LogP contribution in [0.1, 0.15) is 35.6 Å². The molecule has 7 nitrogen and oxygen atoms in total. The Morgan fingerprint density at radius 1 is 0.935 bits per heavy atom. The number of nitrogens with zero attached hydrogens (tertiary/aromatic N) is 1. The van der Waals surface area contributed by atoms with Crippen molar-refractivity contribution >= 4 is 40.1 Å². The molecular formula is C35H31Cl2F2N2O5+. The molecule has 1 N–H and O–H groups in total. The number of rotatable bonds is 14. The second-order valence-corrected chi connectivity index (χ2v) is 11.9. The fraction of sp³-hybridized carbons (Fsp3) is 0.257. The maximum atomic E-state index is 13.4. The van der Waals surface area contributed by atoms with Crippen molar-refractivity contribution in [2.75, 3.05) is 6.61 Å². The lowest BCUT2D eigenvalue weighted by molar-refractivity contribution is -0.377. The first-order chi connectivity index (χ1) is 22.3. The van der Waals surface area contributed by atoms with Crippen LogP contribution >= 0.6 is 23.2 Å². The number of alkyl halides is 2. The number of nitrogens with one attached hydrogen (secondary N) is 1. The third-order valence-electron chi connectivity index (χ3n) is 7.68. The van der Waals surface area contributed by atoms with Gasteiger partial charge < -0.3 is 23.5 Å². The lowest BCUT2D eigenvalue weighted by atomic mass is 10.0. The van der Waals surface area contributed by atoms with E-state index in [1.165, 1.54) is 6.07 Å². The van der Waals surface area contributed by atoms with Crippen LogP contribution in [-0.2, 0) is 29.1 Å². The van der Waals surface area contributed by atoms with Gasteiger partial charge in [-0.2, -0.15) is 8.78 Å². The third-order valence-corrected chi connectivity index (χ3v) is 8.35. The van der Waals surface area contributed by atoms with Crippen LogP contribution in [0.15, 0.2) is 91.4 Å². The maximum absolute atomic E-state index is 13.4. The molecule has 0 amide bonds. The van der Waals surface area contributed by atoms with Gasteiger partial charge in [0.2, 0.25) is 0 Å². The average molecular weight is 669 g/mol. The van der Waals surface area contributed by atoms with Crippen LogP contribution in [0.4, 0.5) is 8.78 Å². The van der Waals surface area contributed by atoms with E-state index in [-0.39, 0.29) is 24.5 Å². The van der Waals surface area contributed by atoms with E-state index in [9.17, 15) is 13.6 Å². The number of esters is 1. The first-order valence-corrected chi connectivity index (χ1v) is 15.6. The minimum absolute atomic E-state index is 0.0775. The zero-order valence-electron chi connectivity index (χ0n) is 24.6. The van der Waals surface area contributed by atoms with Crippen LogP contribution in [0.3, 0.4) is 0 Å². The van der Waals surface area contributed by atoms with Crippen LogP contribution in [0.2, 0.25) is 10.0 Å². The molecule has 2 heterocycles. The summed E-state index contributed by atoms with van der Waals surface area (Å²) in [5.41, 5.74) is 2.96. The molecule has 1 aliphatic carbocycles. The normalized spacial score (nSPS) is 13.5. The number of carbonyl (C=O) groups is 1. The highest BCUT2D eigenvalue weighted by atomic mass is 35.5. The number of pyridine rings is 1. The minimum atomic E-state index is -3.02. The highest BCUT2D eigenvalue weighted by Crippen LogP contribution is 2.38. The quantitative estimate of drug-likeness (QED) is 0.112. The highest BCUT2D eigenvalue weighted by Gasteiger charge is 2.26. The van der Waals surface area contributed by atoms with Gasteiger partial charge in [0.1, 0.15) is 35.1 Å². The number of benzene rings is 3. The van der Waals surface area contributed by atoms with Crippen molar-refractivity contribution < 1.29 is 37.5 Å². The highest BCUT2D eigenvalue weighted by molar-refractivity contribution is 6.35. The van der Waals surface area contributed by atoms with E-state index in [1.54, 1.807) is 29.1 Å². The van der Waals surface area contributed by atoms with Crippen LogP contribution in [-0.4, -0.2) is 23.8 Å². The SMILES string of the molecule is O=C(Cn1ccc2cc(OCc3ccccc3)ccc21)O[C@@H](Cc1c(Cl)c[nH+]cc1Cl)c1ccc(OC(F)F)c(OCC2CC2)c1. The molecule has 0 unspecified atom stereocenters. The topological polar surface area (TPSA) is 73.1 Å². The number of aromatic amines is 1. The van der Waals surface area contributed by atoms with Gasteiger partial charge in [0.15, 0.2) is 23.9 Å². The molecule has 6 rings (SSSR count). The monoisotopic (exact) mass is 667 g/mol. The predicted molar refractivity (Wildman–Crippen MR) is 170 cm³/mol. The first-order valence-electron chi connectivity index (χ1n) is 14.8. The lowest BCUT2D eigenvalue weighted by Gasteiger charge is -2.21. The first kappa shape index (κ1) is 31.6. The van der Waals surface area contributed by atoms with Gasteiger partial charge in [-0.3, -0.25) is 4.79 Å². The standard InChI is InChI=1S/C35H30Cl2F2N2O5/c36-28-17-40-18-29(37)27(28)16-32(25-8-11-31(46-35(38)39)33(15-25)44-21-23-6-7-23)45-34(42)19-41-13-12-24-14-26(9-10-30(24)41)43-20-22-4-2-1-3-5-22/h1-5,8-15,17-18,23,32,35H,6-7,16,19-21H2/p+1/t32-/m0/s1. The smallest absolute Gasteiger partial charge is 0.387 e. The number of halogens is 4. The van der Waals surface area contributed by atoms with Crippen molar-refractivity contribution in [3.63, 3.8) is 0 Å². The van der Waals surface area contributed by atoms with Crippen molar-refractivity contribution in [3.05, 3.63) is 118 Å². The molecule has 46 heavy (non-hydrogen) atoms. The molecule has 3 aromatic carbocycles. The Kier molecular flexibility index (Phi) is 9.90. The summed E-state index contributed by atoms with van der Waals surface area (Å²) in [7, 11) is 0. The van der Waals surface area contributed by atoms with Crippen molar-refractivity contribution in [2.45, 2.75) is 45.1 Å². The Morgan fingerprint density at radius 2 is 1.72 bits per heavy atom. The summed E-state index contributed by atoms with van der Waals surface area (Å²) >= 11 is 12.9. The Bertz CT molecular complexity index is 1790. The second-order valence-electron chi connectivity index (χ2n) is 11.1. The summed E-state index contributed by atoms with van der Waals surface area (Å²) in [5.74, 6) is 0.615. The molecule has 1 fully saturated rings. The molecular weight excluding hydrogens is 637 g/mol. The van der Waals surface area contributed by atoms with Crippen LogP contribution < -0.4 is 19.2 Å². The molecule has 5 aromatic rings. The van der Waals surface area contributed by atoms with Crippen LogP contribution in [0, 0.1) is 5.92 Å². The van der Waals surface area contributed by atoms with Gasteiger partial charge in [0.05, 0.1) is 6.61 Å². The number of ether oxygens (including phenoxy) is 4. The van der Waals surface area contributed by atoms with E-state index in [4.69, 9.17) is 42.1 Å². The zero-order chi connectivity index (χ0) is 32.0. The molecule has 1 saturated carbocycles. The van der Waals surface area contributed by atoms with Crippen molar-refractivity contribution in [3.8, 4) is 17.2 Å². The number of hydrogen-bond donors (Lipinski definition) is 0. The Balaban J connectivity index is 1.22. The average Bonchev–Trinajstić information content (AvgIpc) is 3.80. The van der Waals surface area contributed by atoms with Gasteiger partial charge in [-0.1, -0.05) is 59.6 Å². The fourth-order valence-electron chi connectivity index (χ4n) is 5.09.